The molecule has 10 heteroatoms. The van der Waals surface area contributed by atoms with E-state index in [1.54, 1.807) is 6.07 Å². The zero-order chi connectivity index (χ0) is 20.5. The number of hydrogen-bond acceptors (Lipinski definition) is 6. The number of aryl methyl sites for hydroxylation is 1. The summed E-state index contributed by atoms with van der Waals surface area (Å²) in [6.45, 7) is 1.97. The van der Waals surface area contributed by atoms with Crippen LogP contribution in [0.4, 0.5) is 17.3 Å². The van der Waals surface area contributed by atoms with Gasteiger partial charge in [0.15, 0.2) is 5.82 Å². The maximum Gasteiger partial charge on any atom is 0.292 e. The molecule has 1 aromatic heterocycles. The molecule has 10 nitrogen and oxygen atoms in total. The van der Waals surface area contributed by atoms with Crippen molar-refractivity contribution in [2.45, 2.75) is 19.4 Å². The molecular formula is C19H16N6O4. The number of nitrogens with one attached hydrogen (secondary N) is 2. The van der Waals surface area contributed by atoms with Crippen molar-refractivity contribution in [3.8, 4) is 11.4 Å². The number of amides is 2. The van der Waals surface area contributed by atoms with Gasteiger partial charge in [-0.3, -0.25) is 25.0 Å². The van der Waals surface area contributed by atoms with Crippen LogP contribution in [-0.4, -0.2) is 31.5 Å². The van der Waals surface area contributed by atoms with E-state index in [-0.39, 0.29) is 23.7 Å². The van der Waals surface area contributed by atoms with E-state index in [1.807, 2.05) is 31.2 Å². The van der Waals surface area contributed by atoms with E-state index < -0.39 is 22.8 Å². The van der Waals surface area contributed by atoms with E-state index in [4.69, 9.17) is 0 Å². The number of para-hydroxylation sites is 2. The van der Waals surface area contributed by atoms with Crippen molar-refractivity contribution < 1.29 is 14.5 Å². The first-order valence-corrected chi connectivity index (χ1v) is 8.80. The number of benzene rings is 2. The monoisotopic (exact) mass is 392 g/mol. The van der Waals surface area contributed by atoms with Gasteiger partial charge in [-0.1, -0.05) is 42.0 Å². The molecule has 2 amide bonds. The summed E-state index contributed by atoms with van der Waals surface area (Å²) in [6, 6.07) is 12.5. The van der Waals surface area contributed by atoms with Crippen LogP contribution in [0.25, 0.3) is 11.4 Å². The Morgan fingerprint density at radius 2 is 1.97 bits per heavy atom. The smallest absolute Gasteiger partial charge is 0.292 e. The second-order valence-electron chi connectivity index (χ2n) is 6.60. The molecule has 146 valence electrons. The molecule has 0 radical (unpaired) electrons. The van der Waals surface area contributed by atoms with Crippen LogP contribution in [0, 0.1) is 17.0 Å². The van der Waals surface area contributed by atoms with Crippen molar-refractivity contribution in [3.05, 3.63) is 64.2 Å². The fourth-order valence-corrected chi connectivity index (χ4v) is 3.05. The van der Waals surface area contributed by atoms with Crippen molar-refractivity contribution >= 4 is 29.1 Å². The third-order valence-corrected chi connectivity index (χ3v) is 4.53. The van der Waals surface area contributed by atoms with Gasteiger partial charge in [0.05, 0.1) is 11.3 Å². The van der Waals surface area contributed by atoms with Crippen LogP contribution >= 0.6 is 0 Å². The number of nitro groups is 1. The molecule has 2 heterocycles. The van der Waals surface area contributed by atoms with E-state index in [1.165, 1.54) is 22.9 Å². The highest BCUT2D eigenvalue weighted by Gasteiger charge is 2.35. The third kappa shape index (κ3) is 3.55. The lowest BCUT2D eigenvalue weighted by Gasteiger charge is -2.10. The molecule has 0 saturated heterocycles. The SMILES string of the molecule is Cc1ccc(-c2nc3n(n2)[C@H](CC(=O)Nc2ccccc2[N+](=O)[O-])C(=O)N3)cc1. The maximum absolute atomic E-state index is 12.4. The minimum Gasteiger partial charge on any atom is -0.320 e. The molecule has 0 fully saturated rings. The minimum atomic E-state index is -0.889. The van der Waals surface area contributed by atoms with Crippen molar-refractivity contribution in [1.82, 2.24) is 14.8 Å². The number of hydrogen-bond donors (Lipinski definition) is 2. The first-order chi connectivity index (χ1) is 13.9. The van der Waals surface area contributed by atoms with Crippen LogP contribution < -0.4 is 10.6 Å². The highest BCUT2D eigenvalue weighted by atomic mass is 16.6. The predicted molar refractivity (Wildman–Crippen MR) is 104 cm³/mol. The predicted octanol–water partition coefficient (Wildman–Crippen LogP) is 2.68. The minimum absolute atomic E-state index is 0.0695. The number of anilines is 2. The third-order valence-electron chi connectivity index (χ3n) is 4.53. The van der Waals surface area contributed by atoms with Gasteiger partial charge in [-0.25, -0.2) is 4.68 Å². The van der Waals surface area contributed by atoms with Crippen molar-refractivity contribution in [2.75, 3.05) is 10.6 Å². The first kappa shape index (κ1) is 18.3. The van der Waals surface area contributed by atoms with Crippen molar-refractivity contribution in [1.29, 1.82) is 0 Å². The Morgan fingerprint density at radius 3 is 2.69 bits per heavy atom. The number of nitro benzene ring substituents is 1. The molecule has 0 saturated carbocycles. The summed E-state index contributed by atoms with van der Waals surface area (Å²) in [6.07, 6.45) is -0.235. The molecule has 0 bridgehead atoms. The molecule has 1 aliphatic heterocycles. The largest absolute Gasteiger partial charge is 0.320 e. The van der Waals surface area contributed by atoms with Gasteiger partial charge >= 0.3 is 0 Å². The van der Waals surface area contributed by atoms with Crippen LogP contribution in [0.5, 0.6) is 0 Å². The van der Waals surface area contributed by atoms with Crippen LogP contribution in [-0.2, 0) is 9.59 Å². The van der Waals surface area contributed by atoms with Crippen molar-refractivity contribution in [2.24, 2.45) is 0 Å². The lowest BCUT2D eigenvalue weighted by atomic mass is 10.1. The lowest BCUT2D eigenvalue weighted by molar-refractivity contribution is -0.383. The Kier molecular flexibility index (Phi) is 4.51. The standard InChI is InChI=1S/C19H16N6O4/c1-11-6-8-12(9-7-11)17-21-19-22-18(27)15(24(19)23-17)10-16(26)20-13-4-2-3-5-14(13)25(28)29/h2-9,15H,10H2,1H3,(H,20,26)(H,21,22,23,27)/t15-/m1/s1. The van der Waals surface area contributed by atoms with Gasteiger partial charge in [0, 0.05) is 11.6 Å². The molecule has 4 rings (SSSR count). The molecule has 0 unspecified atom stereocenters. The summed E-state index contributed by atoms with van der Waals surface area (Å²) in [7, 11) is 0. The average molecular weight is 392 g/mol. The van der Waals surface area contributed by atoms with Gasteiger partial charge in [-0.15, -0.1) is 5.10 Å². The Labute approximate surface area is 164 Å². The number of fused-ring (bicyclic) bond motifs is 1. The molecule has 1 aliphatic rings. The first-order valence-electron chi connectivity index (χ1n) is 8.80. The molecule has 1 atom stereocenters. The number of rotatable bonds is 5. The van der Waals surface area contributed by atoms with Crippen LogP contribution in [0.1, 0.15) is 18.0 Å². The summed E-state index contributed by atoms with van der Waals surface area (Å²) in [5, 5.41) is 20.6. The van der Waals surface area contributed by atoms with E-state index >= 15 is 0 Å². The van der Waals surface area contributed by atoms with Gasteiger partial charge in [0.1, 0.15) is 11.7 Å². The summed E-state index contributed by atoms with van der Waals surface area (Å²) in [5.41, 5.74) is 1.73. The lowest BCUT2D eigenvalue weighted by Crippen LogP contribution is -2.24. The molecule has 2 N–H and O–H groups in total. The highest BCUT2D eigenvalue weighted by Crippen LogP contribution is 2.29. The molecule has 0 spiro atoms. The van der Waals surface area contributed by atoms with E-state index in [0.717, 1.165) is 11.1 Å². The number of aromatic nitrogens is 3. The number of nitrogens with zero attached hydrogens (tertiary/aromatic N) is 4. The molecule has 2 aromatic carbocycles. The quantitative estimate of drug-likeness (QED) is 0.507. The van der Waals surface area contributed by atoms with E-state index in [9.17, 15) is 19.7 Å². The van der Waals surface area contributed by atoms with Gasteiger partial charge < -0.3 is 5.32 Å². The number of carbonyl (C=O) groups excluding carboxylic acids is 2. The van der Waals surface area contributed by atoms with Crippen LogP contribution in [0.3, 0.4) is 0 Å². The Balaban J connectivity index is 1.53. The summed E-state index contributed by atoms with van der Waals surface area (Å²) in [4.78, 5) is 39.5. The summed E-state index contributed by atoms with van der Waals surface area (Å²) < 4.78 is 1.37. The summed E-state index contributed by atoms with van der Waals surface area (Å²) in [5.74, 6) is -0.258. The van der Waals surface area contributed by atoms with Crippen LogP contribution in [0.2, 0.25) is 0 Å². The fourth-order valence-electron chi connectivity index (χ4n) is 3.05. The fraction of sp³-hybridized carbons (Fsp3) is 0.158. The van der Waals surface area contributed by atoms with Gasteiger partial charge in [-0.2, -0.15) is 4.98 Å². The Morgan fingerprint density at radius 1 is 1.24 bits per heavy atom. The van der Waals surface area contributed by atoms with Crippen LogP contribution in [0.15, 0.2) is 48.5 Å². The van der Waals surface area contributed by atoms with Gasteiger partial charge in [0.2, 0.25) is 11.9 Å². The normalized spacial score (nSPS) is 14.9. The van der Waals surface area contributed by atoms with Gasteiger partial charge in [-0.05, 0) is 13.0 Å². The Bertz CT molecular complexity index is 1120. The average Bonchev–Trinajstić information content (AvgIpc) is 3.21. The number of carbonyl (C=O) groups is 2. The van der Waals surface area contributed by atoms with Crippen molar-refractivity contribution in [3.63, 3.8) is 0 Å². The Hall–Kier alpha value is -4.08. The molecule has 3 aromatic rings. The molecular weight excluding hydrogens is 376 g/mol. The van der Waals surface area contributed by atoms with Gasteiger partial charge in [0.25, 0.3) is 11.6 Å². The zero-order valence-corrected chi connectivity index (χ0v) is 15.3. The topological polar surface area (TPSA) is 132 Å². The second kappa shape index (κ2) is 7.15. The van der Waals surface area contributed by atoms with E-state index in [2.05, 4.69) is 20.7 Å². The summed E-state index contributed by atoms with van der Waals surface area (Å²) >= 11 is 0. The molecule has 29 heavy (non-hydrogen) atoms. The second-order valence-corrected chi connectivity index (χ2v) is 6.60. The molecule has 0 aliphatic carbocycles. The zero-order valence-electron chi connectivity index (χ0n) is 15.3. The van der Waals surface area contributed by atoms with E-state index in [0.29, 0.717) is 5.82 Å². The maximum atomic E-state index is 12.4. The highest BCUT2D eigenvalue weighted by molar-refractivity contribution is 6.01.